The van der Waals surface area contributed by atoms with E-state index in [2.05, 4.69) is 4.72 Å². The fourth-order valence-corrected chi connectivity index (χ4v) is 4.75. The molecular formula is C17H26FNO3S. The van der Waals surface area contributed by atoms with Crippen molar-refractivity contribution in [3.05, 3.63) is 35.6 Å². The molecule has 4 nitrogen and oxygen atoms in total. The molecule has 0 radical (unpaired) electrons. The summed E-state index contributed by atoms with van der Waals surface area (Å²) in [6.45, 7) is 7.16. The molecule has 1 N–H and O–H groups in total. The third-order valence-corrected chi connectivity index (χ3v) is 5.67. The van der Waals surface area contributed by atoms with E-state index in [0.717, 1.165) is 18.4 Å². The summed E-state index contributed by atoms with van der Waals surface area (Å²) in [6, 6.07) is 5.61. The summed E-state index contributed by atoms with van der Waals surface area (Å²) in [5.41, 5.74) is 0.454. The molecule has 1 fully saturated rings. The molecular weight excluding hydrogens is 317 g/mol. The summed E-state index contributed by atoms with van der Waals surface area (Å²) in [5, 5.41) is 0. The average Bonchev–Trinajstić information content (AvgIpc) is 2.45. The molecule has 6 heteroatoms. The van der Waals surface area contributed by atoms with Crippen LogP contribution in [0, 0.1) is 17.2 Å². The van der Waals surface area contributed by atoms with Gasteiger partial charge in [0.1, 0.15) is 5.82 Å². The van der Waals surface area contributed by atoms with E-state index in [0.29, 0.717) is 13.2 Å². The van der Waals surface area contributed by atoms with Crippen molar-refractivity contribution in [2.75, 3.05) is 19.0 Å². The fourth-order valence-electron chi connectivity index (χ4n) is 2.85. The van der Waals surface area contributed by atoms with Crippen LogP contribution in [0.2, 0.25) is 0 Å². The first-order valence-electron chi connectivity index (χ1n) is 8.00. The molecule has 0 amide bonds. The van der Waals surface area contributed by atoms with Crippen LogP contribution in [0.25, 0.3) is 0 Å². The fraction of sp³-hybridized carbons (Fsp3) is 0.647. The second-order valence-corrected chi connectivity index (χ2v) is 9.10. The minimum Gasteiger partial charge on any atom is -0.381 e. The van der Waals surface area contributed by atoms with Crippen LogP contribution in [0.15, 0.2) is 24.3 Å². The lowest BCUT2D eigenvalue weighted by molar-refractivity contribution is 0.0722. The topological polar surface area (TPSA) is 55.4 Å². The predicted molar refractivity (Wildman–Crippen MR) is 89.1 cm³/mol. The molecule has 1 atom stereocenters. The van der Waals surface area contributed by atoms with Crippen LogP contribution in [0.5, 0.6) is 0 Å². The van der Waals surface area contributed by atoms with Gasteiger partial charge in [0, 0.05) is 13.2 Å². The monoisotopic (exact) mass is 343 g/mol. The number of nitrogens with one attached hydrogen (secondary N) is 1. The predicted octanol–water partition coefficient (Wildman–Crippen LogP) is 3.26. The molecule has 1 saturated heterocycles. The van der Waals surface area contributed by atoms with Gasteiger partial charge in [0.25, 0.3) is 0 Å². The van der Waals surface area contributed by atoms with Gasteiger partial charge in [-0.05, 0) is 41.9 Å². The van der Waals surface area contributed by atoms with Crippen molar-refractivity contribution in [1.29, 1.82) is 0 Å². The number of halogens is 1. The van der Waals surface area contributed by atoms with Gasteiger partial charge in [0.15, 0.2) is 0 Å². The Morgan fingerprint density at radius 2 is 1.78 bits per heavy atom. The summed E-state index contributed by atoms with van der Waals surface area (Å²) in [6.07, 6.45) is 1.55. The molecule has 0 aliphatic carbocycles. The van der Waals surface area contributed by atoms with Crippen LogP contribution < -0.4 is 4.72 Å². The summed E-state index contributed by atoms with van der Waals surface area (Å²) in [7, 11) is -3.42. The zero-order valence-electron chi connectivity index (χ0n) is 14.0. The number of hydrogen-bond acceptors (Lipinski definition) is 3. The van der Waals surface area contributed by atoms with Crippen molar-refractivity contribution < 1.29 is 17.5 Å². The molecule has 0 unspecified atom stereocenters. The van der Waals surface area contributed by atoms with Gasteiger partial charge in [-0.3, -0.25) is 0 Å². The Morgan fingerprint density at radius 1 is 1.22 bits per heavy atom. The molecule has 130 valence electrons. The average molecular weight is 343 g/mol. The molecule has 1 aliphatic rings. The Kier molecular flexibility index (Phi) is 5.81. The van der Waals surface area contributed by atoms with Gasteiger partial charge in [-0.25, -0.2) is 17.5 Å². The highest BCUT2D eigenvalue weighted by Crippen LogP contribution is 2.33. The van der Waals surface area contributed by atoms with Crippen molar-refractivity contribution >= 4 is 10.0 Å². The first-order chi connectivity index (χ1) is 10.7. The number of ether oxygens (including phenoxy) is 1. The van der Waals surface area contributed by atoms with Gasteiger partial charge < -0.3 is 4.74 Å². The van der Waals surface area contributed by atoms with E-state index in [1.807, 2.05) is 20.8 Å². The second-order valence-electron chi connectivity index (χ2n) is 7.31. The van der Waals surface area contributed by atoms with E-state index in [4.69, 9.17) is 4.74 Å². The van der Waals surface area contributed by atoms with Crippen LogP contribution in [0.1, 0.15) is 45.2 Å². The minimum absolute atomic E-state index is 0.115. The smallest absolute Gasteiger partial charge is 0.212 e. The Hall–Kier alpha value is -0.980. The van der Waals surface area contributed by atoms with Gasteiger partial charge in [-0.1, -0.05) is 32.9 Å². The molecule has 0 spiro atoms. The third kappa shape index (κ3) is 5.55. The molecule has 2 rings (SSSR count). The van der Waals surface area contributed by atoms with Crippen LogP contribution in [-0.4, -0.2) is 27.4 Å². The first-order valence-corrected chi connectivity index (χ1v) is 9.66. The molecule has 1 aromatic rings. The Bertz CT molecular complexity index is 602. The maximum absolute atomic E-state index is 13.1. The number of hydrogen-bond donors (Lipinski definition) is 1. The van der Waals surface area contributed by atoms with E-state index in [-0.39, 0.29) is 22.9 Å². The molecule has 23 heavy (non-hydrogen) atoms. The number of sulfonamides is 1. The van der Waals surface area contributed by atoms with E-state index in [9.17, 15) is 12.8 Å². The highest BCUT2D eigenvalue weighted by molar-refractivity contribution is 7.89. The van der Waals surface area contributed by atoms with Gasteiger partial charge in [-0.2, -0.15) is 0 Å². The zero-order valence-corrected chi connectivity index (χ0v) is 14.8. The van der Waals surface area contributed by atoms with Crippen LogP contribution in [-0.2, 0) is 14.8 Å². The quantitative estimate of drug-likeness (QED) is 0.893. The SMILES string of the molecule is CC(C)(C)[C@H](NS(=O)(=O)CC1CCOCC1)c1ccc(F)cc1. The van der Waals surface area contributed by atoms with Gasteiger partial charge in [-0.15, -0.1) is 0 Å². The van der Waals surface area contributed by atoms with E-state index < -0.39 is 16.1 Å². The zero-order chi connectivity index (χ0) is 17.1. The summed E-state index contributed by atoms with van der Waals surface area (Å²) >= 11 is 0. The summed E-state index contributed by atoms with van der Waals surface area (Å²) in [5.74, 6) is -0.0778. The lowest BCUT2D eigenvalue weighted by Crippen LogP contribution is -2.39. The number of benzene rings is 1. The van der Waals surface area contributed by atoms with E-state index >= 15 is 0 Å². The minimum atomic E-state index is -3.42. The normalized spacial score (nSPS) is 18.8. The van der Waals surface area contributed by atoms with Crippen molar-refractivity contribution in [1.82, 2.24) is 4.72 Å². The number of rotatable bonds is 5. The Balaban J connectivity index is 2.15. The molecule has 1 heterocycles. The van der Waals surface area contributed by atoms with Crippen LogP contribution >= 0.6 is 0 Å². The lowest BCUT2D eigenvalue weighted by atomic mass is 9.83. The van der Waals surface area contributed by atoms with E-state index in [1.165, 1.54) is 12.1 Å². The van der Waals surface area contributed by atoms with E-state index in [1.54, 1.807) is 12.1 Å². The van der Waals surface area contributed by atoms with Crippen LogP contribution in [0.4, 0.5) is 4.39 Å². The molecule has 1 aliphatic heterocycles. The van der Waals surface area contributed by atoms with Crippen molar-refractivity contribution in [3.63, 3.8) is 0 Å². The Morgan fingerprint density at radius 3 is 2.30 bits per heavy atom. The highest BCUT2D eigenvalue weighted by Gasteiger charge is 2.31. The maximum atomic E-state index is 13.1. The molecule has 1 aromatic carbocycles. The van der Waals surface area contributed by atoms with Gasteiger partial charge in [0.2, 0.25) is 10.0 Å². The molecule has 0 aromatic heterocycles. The largest absolute Gasteiger partial charge is 0.381 e. The Labute approximate surface area is 138 Å². The van der Waals surface area contributed by atoms with Gasteiger partial charge >= 0.3 is 0 Å². The van der Waals surface area contributed by atoms with Crippen molar-refractivity contribution in [2.45, 2.75) is 39.7 Å². The molecule has 0 bridgehead atoms. The summed E-state index contributed by atoms with van der Waals surface area (Å²) in [4.78, 5) is 0. The standard InChI is InChI=1S/C17H26FNO3S/c1-17(2,3)16(14-4-6-15(18)7-5-14)19-23(20,21)12-13-8-10-22-11-9-13/h4-7,13,16,19H,8-12H2,1-3H3/t16-/m1/s1. The lowest BCUT2D eigenvalue weighted by Gasteiger charge is -2.32. The highest BCUT2D eigenvalue weighted by atomic mass is 32.2. The van der Waals surface area contributed by atoms with Gasteiger partial charge in [0.05, 0.1) is 11.8 Å². The second kappa shape index (κ2) is 7.28. The molecule has 0 saturated carbocycles. The maximum Gasteiger partial charge on any atom is 0.212 e. The van der Waals surface area contributed by atoms with Crippen molar-refractivity contribution in [3.8, 4) is 0 Å². The summed E-state index contributed by atoms with van der Waals surface area (Å²) < 4.78 is 46.4. The first kappa shape index (κ1) is 18.4. The van der Waals surface area contributed by atoms with Crippen molar-refractivity contribution in [2.24, 2.45) is 11.3 Å². The third-order valence-electron chi connectivity index (χ3n) is 4.16. The van der Waals surface area contributed by atoms with Crippen LogP contribution in [0.3, 0.4) is 0 Å².